The Morgan fingerprint density at radius 3 is 2.56 bits per heavy atom. The summed E-state index contributed by atoms with van der Waals surface area (Å²) in [5, 5.41) is 9.47. The van der Waals surface area contributed by atoms with E-state index in [1.54, 1.807) is 19.1 Å². The molecule has 0 aromatic heterocycles. The lowest BCUT2D eigenvalue weighted by atomic mass is 9.89. The van der Waals surface area contributed by atoms with E-state index in [4.69, 9.17) is 21.4 Å². The largest absolute Gasteiger partial charge is 0.495 e. The Hall–Kier alpha value is -1.22. The average molecular weight is 243 g/mol. The molecular weight excluding hydrogens is 228 g/mol. The van der Waals surface area contributed by atoms with Gasteiger partial charge in [0, 0.05) is 0 Å². The van der Waals surface area contributed by atoms with Crippen LogP contribution in [0.4, 0.5) is 0 Å². The Morgan fingerprint density at radius 1 is 1.44 bits per heavy atom. The standard InChI is InChI=1S/C12H15ClO3/c1-7(8(2)12(14)15)9-4-5-10(13)11(6-9)16-3/h4-8H,1-3H3,(H,14,15). The molecule has 88 valence electrons. The average Bonchev–Trinajstić information content (AvgIpc) is 2.27. The Morgan fingerprint density at radius 2 is 2.06 bits per heavy atom. The van der Waals surface area contributed by atoms with E-state index in [0.717, 1.165) is 5.56 Å². The zero-order valence-corrected chi connectivity index (χ0v) is 10.3. The molecule has 0 bridgehead atoms. The van der Waals surface area contributed by atoms with Gasteiger partial charge in [-0.25, -0.2) is 0 Å². The first-order valence-electron chi connectivity index (χ1n) is 5.03. The highest BCUT2D eigenvalue weighted by molar-refractivity contribution is 6.32. The van der Waals surface area contributed by atoms with Crippen LogP contribution < -0.4 is 4.74 Å². The van der Waals surface area contributed by atoms with Crippen molar-refractivity contribution in [3.05, 3.63) is 28.8 Å². The molecule has 0 spiro atoms. The van der Waals surface area contributed by atoms with Crippen LogP contribution in [0.5, 0.6) is 5.75 Å². The maximum atomic E-state index is 10.9. The summed E-state index contributed by atoms with van der Waals surface area (Å²) in [5.74, 6) is -0.750. The maximum Gasteiger partial charge on any atom is 0.306 e. The molecular formula is C12H15ClO3. The molecule has 0 radical (unpaired) electrons. The minimum atomic E-state index is -0.804. The molecule has 4 heteroatoms. The molecule has 2 atom stereocenters. The molecule has 0 aliphatic heterocycles. The minimum absolute atomic E-state index is 0.0799. The van der Waals surface area contributed by atoms with E-state index < -0.39 is 11.9 Å². The molecule has 2 unspecified atom stereocenters. The number of aliphatic carboxylic acids is 1. The Balaban J connectivity index is 3.00. The topological polar surface area (TPSA) is 46.5 Å². The highest BCUT2D eigenvalue weighted by Crippen LogP contribution is 2.31. The van der Waals surface area contributed by atoms with E-state index in [2.05, 4.69) is 0 Å². The van der Waals surface area contributed by atoms with E-state index in [-0.39, 0.29) is 5.92 Å². The quantitative estimate of drug-likeness (QED) is 0.882. The molecule has 1 N–H and O–H groups in total. The fourth-order valence-corrected chi connectivity index (χ4v) is 1.66. The molecule has 1 aromatic carbocycles. The lowest BCUT2D eigenvalue weighted by Crippen LogP contribution is -2.16. The molecule has 0 amide bonds. The van der Waals surface area contributed by atoms with Gasteiger partial charge in [0.1, 0.15) is 5.75 Å². The Bertz CT molecular complexity index is 390. The van der Waals surface area contributed by atoms with E-state index in [0.29, 0.717) is 10.8 Å². The number of rotatable bonds is 4. The number of methoxy groups -OCH3 is 1. The second kappa shape index (κ2) is 5.21. The number of carboxylic acid groups (broad SMARTS) is 1. The molecule has 0 saturated carbocycles. The SMILES string of the molecule is COc1cc(C(C)C(C)C(=O)O)ccc1Cl. The van der Waals surface area contributed by atoms with E-state index in [1.165, 1.54) is 7.11 Å². The van der Waals surface area contributed by atoms with Gasteiger partial charge in [0.25, 0.3) is 0 Å². The Kier molecular flexibility index (Phi) is 4.19. The third kappa shape index (κ3) is 2.67. The zero-order chi connectivity index (χ0) is 12.3. The minimum Gasteiger partial charge on any atom is -0.495 e. The first kappa shape index (κ1) is 12.8. The van der Waals surface area contributed by atoms with Gasteiger partial charge < -0.3 is 9.84 Å². The van der Waals surface area contributed by atoms with Gasteiger partial charge in [0.2, 0.25) is 0 Å². The number of benzene rings is 1. The van der Waals surface area contributed by atoms with Gasteiger partial charge in [0.05, 0.1) is 18.1 Å². The van der Waals surface area contributed by atoms with Gasteiger partial charge in [-0.3, -0.25) is 4.79 Å². The van der Waals surface area contributed by atoms with Gasteiger partial charge in [-0.05, 0) is 23.6 Å². The Labute approximate surface area is 100.0 Å². The number of carboxylic acids is 1. The fourth-order valence-electron chi connectivity index (χ4n) is 1.46. The molecule has 0 heterocycles. The third-order valence-electron chi connectivity index (χ3n) is 2.84. The van der Waals surface area contributed by atoms with Crippen molar-refractivity contribution in [1.29, 1.82) is 0 Å². The van der Waals surface area contributed by atoms with Crippen molar-refractivity contribution in [2.75, 3.05) is 7.11 Å². The second-order valence-electron chi connectivity index (χ2n) is 3.81. The molecule has 0 saturated heterocycles. The van der Waals surface area contributed by atoms with Crippen molar-refractivity contribution in [3.63, 3.8) is 0 Å². The third-order valence-corrected chi connectivity index (χ3v) is 3.15. The van der Waals surface area contributed by atoms with Crippen molar-refractivity contribution in [2.24, 2.45) is 5.92 Å². The van der Waals surface area contributed by atoms with E-state index in [9.17, 15) is 4.79 Å². The number of hydrogen-bond acceptors (Lipinski definition) is 2. The van der Waals surface area contributed by atoms with Crippen molar-refractivity contribution >= 4 is 17.6 Å². The van der Waals surface area contributed by atoms with Crippen LogP contribution in [0.3, 0.4) is 0 Å². The van der Waals surface area contributed by atoms with E-state index >= 15 is 0 Å². The van der Waals surface area contributed by atoms with Crippen LogP contribution in [0.1, 0.15) is 25.3 Å². The fraction of sp³-hybridized carbons (Fsp3) is 0.417. The summed E-state index contributed by atoms with van der Waals surface area (Å²) >= 11 is 5.90. The molecule has 0 fully saturated rings. The summed E-state index contributed by atoms with van der Waals surface area (Å²) in [6.07, 6.45) is 0. The monoisotopic (exact) mass is 242 g/mol. The highest BCUT2D eigenvalue weighted by Gasteiger charge is 2.21. The van der Waals surface area contributed by atoms with Crippen LogP contribution in [-0.2, 0) is 4.79 Å². The van der Waals surface area contributed by atoms with Crippen LogP contribution in [0.2, 0.25) is 5.02 Å². The molecule has 3 nitrogen and oxygen atoms in total. The summed E-state index contributed by atoms with van der Waals surface area (Å²) in [6, 6.07) is 5.34. The lowest BCUT2D eigenvalue weighted by Gasteiger charge is -2.17. The maximum absolute atomic E-state index is 10.9. The van der Waals surface area contributed by atoms with Crippen LogP contribution in [0.15, 0.2) is 18.2 Å². The van der Waals surface area contributed by atoms with Crippen molar-refractivity contribution in [1.82, 2.24) is 0 Å². The first-order chi connectivity index (χ1) is 7.47. The van der Waals surface area contributed by atoms with Crippen LogP contribution in [0, 0.1) is 5.92 Å². The van der Waals surface area contributed by atoms with Crippen LogP contribution >= 0.6 is 11.6 Å². The van der Waals surface area contributed by atoms with Gasteiger partial charge in [-0.15, -0.1) is 0 Å². The van der Waals surface area contributed by atoms with Crippen LogP contribution in [0.25, 0.3) is 0 Å². The molecule has 16 heavy (non-hydrogen) atoms. The smallest absolute Gasteiger partial charge is 0.306 e. The van der Waals surface area contributed by atoms with Crippen molar-refractivity contribution < 1.29 is 14.6 Å². The summed E-state index contributed by atoms with van der Waals surface area (Å²) < 4.78 is 5.10. The summed E-state index contributed by atoms with van der Waals surface area (Å²) in [4.78, 5) is 10.9. The summed E-state index contributed by atoms with van der Waals surface area (Å²) in [6.45, 7) is 3.57. The molecule has 0 aliphatic rings. The second-order valence-corrected chi connectivity index (χ2v) is 4.22. The predicted octanol–water partition coefficient (Wildman–Crippen LogP) is 3.17. The number of ether oxygens (including phenoxy) is 1. The number of hydrogen-bond donors (Lipinski definition) is 1. The van der Waals surface area contributed by atoms with Gasteiger partial charge in [-0.1, -0.05) is 31.5 Å². The normalized spacial score (nSPS) is 14.2. The summed E-state index contributed by atoms with van der Waals surface area (Å²) in [7, 11) is 1.54. The lowest BCUT2D eigenvalue weighted by molar-refractivity contribution is -0.141. The zero-order valence-electron chi connectivity index (χ0n) is 9.53. The van der Waals surface area contributed by atoms with Gasteiger partial charge in [-0.2, -0.15) is 0 Å². The summed E-state index contributed by atoms with van der Waals surface area (Å²) in [5.41, 5.74) is 0.913. The van der Waals surface area contributed by atoms with Gasteiger partial charge in [0.15, 0.2) is 0 Å². The molecule has 1 aromatic rings. The van der Waals surface area contributed by atoms with Crippen molar-refractivity contribution in [3.8, 4) is 5.75 Å². The number of carbonyl (C=O) groups is 1. The molecule has 1 rings (SSSR count). The van der Waals surface area contributed by atoms with Crippen molar-refractivity contribution in [2.45, 2.75) is 19.8 Å². The number of halogens is 1. The molecule has 0 aliphatic carbocycles. The highest BCUT2D eigenvalue weighted by atomic mass is 35.5. The predicted molar refractivity (Wildman–Crippen MR) is 63.2 cm³/mol. The van der Waals surface area contributed by atoms with Crippen LogP contribution in [-0.4, -0.2) is 18.2 Å². The first-order valence-corrected chi connectivity index (χ1v) is 5.41. The van der Waals surface area contributed by atoms with E-state index in [1.807, 2.05) is 13.0 Å². The van der Waals surface area contributed by atoms with Gasteiger partial charge >= 0.3 is 5.97 Å².